The van der Waals surface area contributed by atoms with Gasteiger partial charge >= 0.3 is 21.7 Å². The number of aryl methyl sites for hydroxylation is 3. The summed E-state index contributed by atoms with van der Waals surface area (Å²) >= 11 is 0. The van der Waals surface area contributed by atoms with Gasteiger partial charge < -0.3 is 16.0 Å². The molecule has 158 valence electrons. The van der Waals surface area contributed by atoms with E-state index in [-0.39, 0.29) is 21.7 Å². The zero-order valence-corrected chi connectivity index (χ0v) is 21.4. The number of nitrogens with zero attached hydrogens (tertiary/aromatic N) is 3. The molecule has 0 heterocycles. The fourth-order valence-corrected chi connectivity index (χ4v) is 2.11. The van der Waals surface area contributed by atoms with Crippen molar-refractivity contribution in [3.63, 3.8) is 0 Å². The van der Waals surface area contributed by atoms with Crippen molar-refractivity contribution in [2.45, 2.75) is 80.1 Å². The van der Waals surface area contributed by atoms with Gasteiger partial charge in [-0.25, -0.2) is 6.07 Å². The van der Waals surface area contributed by atoms with Crippen LogP contribution in [0, 0.1) is 0 Å². The van der Waals surface area contributed by atoms with Crippen LogP contribution in [0.5, 0.6) is 0 Å². The standard InChI is InChI=1S/C14H23.3C3H8N.Ti/c1-4-7-12-10-13(8-5-2)14(11-12)9-6-3;3*1-3-4-2;/h10-11H,4-9H2,1-3H3;3*3H2,1-2H3;/q4*-1;+4. The van der Waals surface area contributed by atoms with Crippen molar-refractivity contribution < 1.29 is 21.7 Å². The number of hydrogen-bond acceptors (Lipinski definition) is 0. The maximum Gasteiger partial charge on any atom is 4.00 e. The molecule has 27 heavy (non-hydrogen) atoms. The molecule has 0 bridgehead atoms. The van der Waals surface area contributed by atoms with Gasteiger partial charge in [-0.1, -0.05) is 80.1 Å². The molecule has 0 N–H and O–H groups in total. The van der Waals surface area contributed by atoms with Gasteiger partial charge in [0.2, 0.25) is 0 Å². The Bertz CT molecular complexity index is 312. The average molecular weight is 414 g/mol. The van der Waals surface area contributed by atoms with Crippen LogP contribution in [0.2, 0.25) is 0 Å². The van der Waals surface area contributed by atoms with Crippen LogP contribution >= 0.6 is 0 Å². The molecule has 1 aromatic carbocycles. The zero-order chi connectivity index (χ0) is 20.6. The van der Waals surface area contributed by atoms with E-state index in [1.165, 1.54) is 38.5 Å². The van der Waals surface area contributed by atoms with Crippen LogP contribution in [0.15, 0.2) is 12.1 Å². The molecule has 0 saturated carbocycles. The molecule has 0 radical (unpaired) electrons. The van der Waals surface area contributed by atoms with Crippen LogP contribution in [-0.4, -0.2) is 40.8 Å². The first-order valence-corrected chi connectivity index (χ1v) is 10.5. The Morgan fingerprint density at radius 1 is 0.704 bits per heavy atom. The fourth-order valence-electron chi connectivity index (χ4n) is 2.11. The average Bonchev–Trinajstić information content (AvgIpc) is 3.04. The molecule has 1 rings (SSSR count). The molecule has 0 aliphatic carbocycles. The van der Waals surface area contributed by atoms with Gasteiger partial charge in [0.1, 0.15) is 0 Å². The summed E-state index contributed by atoms with van der Waals surface area (Å²) < 4.78 is 0. The first kappa shape index (κ1) is 34.5. The minimum Gasteiger partial charge on any atom is -0.665 e. The summed E-state index contributed by atoms with van der Waals surface area (Å²) in [6.07, 6.45) is 7.58. The third-order valence-electron chi connectivity index (χ3n) is 3.66. The predicted octanol–water partition coefficient (Wildman–Crippen LogP) is 7.29. The molecule has 0 fully saturated rings. The largest absolute Gasteiger partial charge is 4.00 e. The van der Waals surface area contributed by atoms with Crippen LogP contribution in [-0.2, 0) is 41.0 Å². The molecule has 0 saturated heterocycles. The third kappa shape index (κ3) is 25.9. The van der Waals surface area contributed by atoms with Crippen LogP contribution < -0.4 is 0 Å². The minimum absolute atomic E-state index is 0. The van der Waals surface area contributed by atoms with E-state index in [9.17, 15) is 0 Å². The van der Waals surface area contributed by atoms with Crippen molar-refractivity contribution in [1.82, 2.24) is 0 Å². The Balaban J connectivity index is -0.000000169. The van der Waals surface area contributed by atoms with E-state index in [4.69, 9.17) is 0 Å². The van der Waals surface area contributed by atoms with Gasteiger partial charge in [0.25, 0.3) is 0 Å². The first-order valence-electron chi connectivity index (χ1n) is 10.5. The molecule has 0 amide bonds. The van der Waals surface area contributed by atoms with Gasteiger partial charge in [0.15, 0.2) is 0 Å². The molecule has 0 spiro atoms. The molecule has 0 aromatic heterocycles. The van der Waals surface area contributed by atoms with E-state index in [1.54, 1.807) is 37.8 Å². The van der Waals surface area contributed by atoms with E-state index >= 15 is 0 Å². The molecule has 3 nitrogen and oxygen atoms in total. The first-order chi connectivity index (χ1) is 12.6. The van der Waals surface area contributed by atoms with E-state index in [1.807, 2.05) is 20.8 Å². The summed E-state index contributed by atoms with van der Waals surface area (Å²) in [4.78, 5) is 0. The molecule has 0 aliphatic rings. The summed E-state index contributed by atoms with van der Waals surface area (Å²) in [7, 11) is 5.42. The molecule has 1 aromatic rings. The summed E-state index contributed by atoms with van der Waals surface area (Å²) in [5.41, 5.74) is 4.77. The maximum absolute atomic E-state index is 3.74. The van der Waals surface area contributed by atoms with Gasteiger partial charge in [0.05, 0.1) is 0 Å². The van der Waals surface area contributed by atoms with E-state index in [0.29, 0.717) is 0 Å². The quantitative estimate of drug-likeness (QED) is 0.301. The summed E-state index contributed by atoms with van der Waals surface area (Å²) in [5, 5.41) is 11.2. The van der Waals surface area contributed by atoms with E-state index in [0.717, 1.165) is 19.6 Å². The second-order valence-electron chi connectivity index (χ2n) is 6.06. The normalized spacial score (nSPS) is 8.93. The van der Waals surface area contributed by atoms with Gasteiger partial charge in [-0.05, 0) is 0 Å². The second kappa shape index (κ2) is 30.7. The van der Waals surface area contributed by atoms with Crippen molar-refractivity contribution in [2.24, 2.45) is 0 Å². The maximum atomic E-state index is 3.74. The Morgan fingerprint density at radius 2 is 1.11 bits per heavy atom. The Kier molecular flexibility index (Phi) is 39.1. The fraction of sp³-hybridized carbons (Fsp3) is 0.783. The van der Waals surface area contributed by atoms with E-state index < -0.39 is 0 Å². The Morgan fingerprint density at radius 3 is 1.41 bits per heavy atom. The Hall–Kier alpha value is -0.0557. The number of rotatable bonds is 9. The van der Waals surface area contributed by atoms with Gasteiger partial charge in [-0.15, -0.1) is 0 Å². The molecule has 0 unspecified atom stereocenters. The van der Waals surface area contributed by atoms with E-state index in [2.05, 4.69) is 48.9 Å². The summed E-state index contributed by atoms with van der Waals surface area (Å²) in [5.74, 6) is 0. The van der Waals surface area contributed by atoms with Crippen molar-refractivity contribution >= 4 is 0 Å². The van der Waals surface area contributed by atoms with Gasteiger partial charge in [-0.2, -0.15) is 63.5 Å². The summed E-state index contributed by atoms with van der Waals surface area (Å²) in [6.45, 7) is 15.7. The molecular formula is C23H47N3Ti. The SMILES string of the molecule is CCCc1cc(CCC)[c-](CCC)c1.CC[N-]C.CC[N-]C.CC[N-]C.[Ti+4]. The van der Waals surface area contributed by atoms with Crippen molar-refractivity contribution in [3.8, 4) is 0 Å². The van der Waals surface area contributed by atoms with Crippen LogP contribution in [0.25, 0.3) is 16.0 Å². The van der Waals surface area contributed by atoms with Crippen molar-refractivity contribution in [3.05, 3.63) is 44.8 Å². The minimum atomic E-state index is 0. The monoisotopic (exact) mass is 413 g/mol. The smallest absolute Gasteiger partial charge is 0.665 e. The van der Waals surface area contributed by atoms with Crippen molar-refractivity contribution in [2.75, 3.05) is 40.8 Å². The summed E-state index contributed by atoms with van der Waals surface area (Å²) in [6, 6.07) is 4.86. The zero-order valence-electron chi connectivity index (χ0n) is 19.9. The second-order valence-corrected chi connectivity index (χ2v) is 6.06. The van der Waals surface area contributed by atoms with Crippen LogP contribution in [0.1, 0.15) is 77.5 Å². The molecule has 0 aliphatic heterocycles. The third-order valence-corrected chi connectivity index (χ3v) is 3.66. The van der Waals surface area contributed by atoms with Crippen molar-refractivity contribution in [1.29, 1.82) is 0 Å². The van der Waals surface area contributed by atoms with Gasteiger partial charge in [0, 0.05) is 0 Å². The molecule has 0 atom stereocenters. The number of hydrogen-bond donors (Lipinski definition) is 0. The molecule has 4 heteroatoms. The predicted molar refractivity (Wildman–Crippen MR) is 123 cm³/mol. The van der Waals surface area contributed by atoms with Crippen LogP contribution in [0.3, 0.4) is 0 Å². The van der Waals surface area contributed by atoms with Crippen LogP contribution in [0.4, 0.5) is 0 Å². The Labute approximate surface area is 187 Å². The molecular weight excluding hydrogens is 366 g/mol. The topological polar surface area (TPSA) is 42.3 Å². The van der Waals surface area contributed by atoms with Gasteiger partial charge in [-0.3, -0.25) is 0 Å².